The van der Waals surface area contributed by atoms with Gasteiger partial charge in [0.2, 0.25) is 5.91 Å². The zero-order chi connectivity index (χ0) is 25.0. The second-order valence-electron chi connectivity index (χ2n) is 8.94. The summed E-state index contributed by atoms with van der Waals surface area (Å²) >= 11 is 0. The van der Waals surface area contributed by atoms with Gasteiger partial charge in [0.05, 0.1) is 12.6 Å². The van der Waals surface area contributed by atoms with Crippen molar-refractivity contribution in [3.8, 4) is 22.6 Å². The Hall–Kier alpha value is -4.92. The molecule has 1 amide bonds. The maximum Gasteiger partial charge on any atom is 0.248 e. The van der Waals surface area contributed by atoms with Gasteiger partial charge in [0.15, 0.2) is 5.82 Å². The van der Waals surface area contributed by atoms with E-state index in [4.69, 9.17) is 5.10 Å². The lowest BCUT2D eigenvalue weighted by Gasteiger charge is -2.06. The van der Waals surface area contributed by atoms with E-state index in [1.165, 1.54) is 6.08 Å². The molecule has 1 N–H and O–H groups in total. The number of hydrogen-bond donors (Lipinski definition) is 1. The van der Waals surface area contributed by atoms with Crippen LogP contribution in [-0.4, -0.2) is 40.9 Å². The molecule has 5 aromatic rings. The summed E-state index contributed by atoms with van der Waals surface area (Å²) in [4.78, 5) is 17.1. The van der Waals surface area contributed by atoms with Crippen LogP contribution in [0.2, 0.25) is 0 Å². The van der Waals surface area contributed by atoms with Gasteiger partial charge in [-0.1, -0.05) is 42.5 Å². The van der Waals surface area contributed by atoms with Crippen molar-refractivity contribution in [3.63, 3.8) is 0 Å². The van der Waals surface area contributed by atoms with Crippen molar-refractivity contribution >= 4 is 17.7 Å². The molecule has 0 unspecified atom stereocenters. The van der Waals surface area contributed by atoms with Crippen molar-refractivity contribution in [2.75, 3.05) is 5.32 Å². The fraction of sp³-hybridized carbons (Fsp3) is 0.143. The molecule has 3 aromatic heterocycles. The summed E-state index contributed by atoms with van der Waals surface area (Å²) in [5, 5.41) is 19.8. The summed E-state index contributed by atoms with van der Waals surface area (Å²) in [6.07, 6.45) is 10.9. The fourth-order valence-corrected chi connectivity index (χ4v) is 4.17. The molecular formula is C28H24N8O. The van der Waals surface area contributed by atoms with Crippen molar-refractivity contribution in [1.82, 2.24) is 35.0 Å². The second kappa shape index (κ2) is 9.98. The van der Waals surface area contributed by atoms with Crippen LogP contribution in [0.5, 0.6) is 0 Å². The van der Waals surface area contributed by atoms with Crippen molar-refractivity contribution in [1.29, 1.82) is 0 Å². The average Bonchev–Trinajstić information content (AvgIpc) is 3.51. The number of amides is 1. The highest BCUT2D eigenvalue weighted by Gasteiger charge is 2.28. The summed E-state index contributed by atoms with van der Waals surface area (Å²) < 4.78 is 3.73. The highest BCUT2D eigenvalue weighted by Crippen LogP contribution is 2.36. The van der Waals surface area contributed by atoms with E-state index in [0.717, 1.165) is 40.8 Å². The van der Waals surface area contributed by atoms with Gasteiger partial charge in [0.25, 0.3) is 0 Å². The van der Waals surface area contributed by atoms with E-state index in [1.807, 2.05) is 70.2 Å². The number of rotatable bonds is 8. The summed E-state index contributed by atoms with van der Waals surface area (Å²) in [5.41, 5.74) is 5.15. The van der Waals surface area contributed by atoms with Gasteiger partial charge in [-0.3, -0.25) is 14.5 Å². The second-order valence-corrected chi connectivity index (χ2v) is 8.94. The number of pyridine rings is 1. The minimum Gasteiger partial charge on any atom is -0.322 e. The molecule has 9 nitrogen and oxygen atoms in total. The fourth-order valence-electron chi connectivity index (χ4n) is 4.17. The average molecular weight is 489 g/mol. The van der Waals surface area contributed by atoms with Crippen molar-refractivity contribution in [3.05, 3.63) is 103 Å². The molecule has 1 aliphatic rings. The molecule has 37 heavy (non-hydrogen) atoms. The lowest BCUT2D eigenvalue weighted by atomic mass is 10.1. The monoisotopic (exact) mass is 488 g/mol. The van der Waals surface area contributed by atoms with Crippen LogP contribution in [0.25, 0.3) is 28.7 Å². The standard InChI is InChI=1S/C28H24N8O/c37-26(30-24-10-4-8-21(16-24)28-31-33-34-36(28)25-12-13-25)14-11-23-19-35(18-20-6-2-1-3-7-20)32-27(23)22-9-5-15-29-17-22/h1-11,14-17,19,25H,12-13,18H2,(H,30,37)/b14-11+. The smallest absolute Gasteiger partial charge is 0.248 e. The number of benzene rings is 2. The topological polar surface area (TPSA) is 103 Å². The maximum atomic E-state index is 12.8. The first kappa shape index (κ1) is 22.5. The van der Waals surface area contributed by atoms with E-state index in [2.05, 4.69) is 38.0 Å². The maximum absolute atomic E-state index is 12.8. The number of hydrogen-bond acceptors (Lipinski definition) is 6. The third-order valence-corrected chi connectivity index (χ3v) is 6.10. The molecule has 0 saturated heterocycles. The Balaban J connectivity index is 1.22. The number of nitrogens with one attached hydrogen (secondary N) is 1. The van der Waals surface area contributed by atoms with E-state index < -0.39 is 0 Å². The van der Waals surface area contributed by atoms with Crippen LogP contribution in [-0.2, 0) is 11.3 Å². The molecule has 1 aliphatic carbocycles. The Morgan fingerprint density at radius 1 is 1.03 bits per heavy atom. The third-order valence-electron chi connectivity index (χ3n) is 6.10. The number of anilines is 1. The first-order valence-electron chi connectivity index (χ1n) is 12.1. The molecular weight excluding hydrogens is 464 g/mol. The number of carbonyl (C=O) groups excluding carboxylic acids is 1. The van der Waals surface area contributed by atoms with Crippen molar-refractivity contribution in [2.24, 2.45) is 0 Å². The Bertz CT molecular complexity index is 1550. The molecule has 2 aromatic carbocycles. The van der Waals surface area contributed by atoms with Gasteiger partial charge in [-0.05, 0) is 59.2 Å². The number of nitrogens with zero attached hydrogens (tertiary/aromatic N) is 7. The molecule has 9 heteroatoms. The largest absolute Gasteiger partial charge is 0.322 e. The van der Waals surface area contributed by atoms with Crippen LogP contribution in [0.3, 0.4) is 0 Å². The number of carbonyl (C=O) groups is 1. The zero-order valence-electron chi connectivity index (χ0n) is 20.0. The summed E-state index contributed by atoms with van der Waals surface area (Å²) in [5.74, 6) is 0.466. The van der Waals surface area contributed by atoms with Crippen LogP contribution in [0, 0.1) is 0 Å². The molecule has 182 valence electrons. The number of tetrazole rings is 1. The molecule has 1 fully saturated rings. The minimum absolute atomic E-state index is 0.244. The molecule has 1 saturated carbocycles. The highest BCUT2D eigenvalue weighted by atomic mass is 16.1. The Labute approximate surface area is 213 Å². The number of aromatic nitrogens is 7. The van der Waals surface area contributed by atoms with Gasteiger partial charge in [-0.25, -0.2) is 4.68 Å². The van der Waals surface area contributed by atoms with E-state index >= 15 is 0 Å². The molecule has 0 spiro atoms. The predicted octanol–water partition coefficient (Wildman–Crippen LogP) is 4.63. The van der Waals surface area contributed by atoms with E-state index in [0.29, 0.717) is 24.1 Å². The normalized spacial score (nSPS) is 13.2. The van der Waals surface area contributed by atoms with Gasteiger partial charge in [-0.2, -0.15) is 5.10 Å². The first-order valence-corrected chi connectivity index (χ1v) is 12.1. The molecule has 0 bridgehead atoms. The van der Waals surface area contributed by atoms with E-state index in [-0.39, 0.29) is 5.91 Å². The molecule has 0 aliphatic heterocycles. The van der Waals surface area contributed by atoms with Crippen LogP contribution < -0.4 is 5.32 Å². The molecule has 3 heterocycles. The van der Waals surface area contributed by atoms with Crippen LogP contribution in [0.4, 0.5) is 5.69 Å². The quantitative estimate of drug-likeness (QED) is 0.319. The predicted molar refractivity (Wildman–Crippen MR) is 140 cm³/mol. The first-order chi connectivity index (χ1) is 18.2. The lowest BCUT2D eigenvalue weighted by Crippen LogP contribution is -2.08. The van der Waals surface area contributed by atoms with Crippen molar-refractivity contribution < 1.29 is 4.79 Å². The third kappa shape index (κ3) is 5.20. The molecule has 0 atom stereocenters. The van der Waals surface area contributed by atoms with E-state index in [9.17, 15) is 4.79 Å². The Kier molecular flexibility index (Phi) is 6.08. The zero-order valence-corrected chi connectivity index (χ0v) is 20.0. The summed E-state index contributed by atoms with van der Waals surface area (Å²) in [6, 6.07) is 21.9. The molecule has 6 rings (SSSR count). The lowest BCUT2D eigenvalue weighted by molar-refractivity contribution is -0.111. The Morgan fingerprint density at radius 3 is 2.70 bits per heavy atom. The molecule has 0 radical (unpaired) electrons. The van der Waals surface area contributed by atoms with Gasteiger partial charge in [0.1, 0.15) is 5.69 Å². The SMILES string of the molecule is O=C(/C=C/c1cn(Cc2ccccc2)nc1-c1cccnc1)Nc1cccc(-c2nnnn2C2CC2)c1. The summed E-state index contributed by atoms with van der Waals surface area (Å²) in [6.45, 7) is 0.626. The van der Waals surface area contributed by atoms with Crippen LogP contribution in [0.1, 0.15) is 30.0 Å². The van der Waals surface area contributed by atoms with Gasteiger partial charge in [0, 0.05) is 47.0 Å². The van der Waals surface area contributed by atoms with E-state index in [1.54, 1.807) is 18.5 Å². The van der Waals surface area contributed by atoms with Crippen LogP contribution in [0.15, 0.2) is 91.4 Å². The van der Waals surface area contributed by atoms with Gasteiger partial charge < -0.3 is 5.32 Å². The van der Waals surface area contributed by atoms with Crippen LogP contribution >= 0.6 is 0 Å². The Morgan fingerprint density at radius 2 is 1.89 bits per heavy atom. The highest BCUT2D eigenvalue weighted by molar-refractivity contribution is 6.02. The van der Waals surface area contributed by atoms with Gasteiger partial charge >= 0.3 is 0 Å². The summed E-state index contributed by atoms with van der Waals surface area (Å²) in [7, 11) is 0. The minimum atomic E-state index is -0.244. The van der Waals surface area contributed by atoms with Crippen molar-refractivity contribution in [2.45, 2.75) is 25.4 Å². The van der Waals surface area contributed by atoms with Gasteiger partial charge in [-0.15, -0.1) is 5.10 Å².